The van der Waals surface area contributed by atoms with Gasteiger partial charge in [0, 0.05) is 26.7 Å². The van der Waals surface area contributed by atoms with Gasteiger partial charge in [0.1, 0.15) is 0 Å². The Morgan fingerprint density at radius 1 is 0.929 bits per heavy atom. The lowest BCUT2D eigenvalue weighted by atomic mass is 10.0. The van der Waals surface area contributed by atoms with E-state index in [0.29, 0.717) is 27.0 Å². The minimum Gasteiger partial charge on any atom is -0.322 e. The molecule has 4 rings (SSSR count). The molecule has 0 saturated carbocycles. The zero-order chi connectivity index (χ0) is 19.7. The summed E-state index contributed by atoms with van der Waals surface area (Å²) in [5.41, 5.74) is 4.30. The van der Waals surface area contributed by atoms with E-state index >= 15 is 0 Å². The Balaban J connectivity index is 1.84. The average molecular weight is 407 g/mol. The number of aryl methyl sites for hydroxylation is 1. The number of nitrogens with zero attached hydrogens (tertiary/aromatic N) is 1. The van der Waals surface area contributed by atoms with Crippen LogP contribution in [0, 0.1) is 6.92 Å². The molecule has 0 aliphatic rings. The molecule has 0 spiro atoms. The van der Waals surface area contributed by atoms with Crippen LogP contribution in [-0.4, -0.2) is 10.9 Å². The lowest BCUT2D eigenvalue weighted by molar-refractivity contribution is 0.102. The molecule has 1 aromatic heterocycles. The van der Waals surface area contributed by atoms with Gasteiger partial charge in [0.05, 0.1) is 16.8 Å². The number of carbonyl (C=O) groups is 1. The molecule has 5 heteroatoms. The highest BCUT2D eigenvalue weighted by molar-refractivity contribution is 6.33. The summed E-state index contributed by atoms with van der Waals surface area (Å²) in [6.45, 7) is 1.92. The van der Waals surface area contributed by atoms with E-state index in [4.69, 9.17) is 28.2 Å². The Labute approximate surface area is 172 Å². The Morgan fingerprint density at radius 2 is 1.68 bits per heavy atom. The second-order valence-electron chi connectivity index (χ2n) is 6.47. The molecule has 3 nitrogen and oxygen atoms in total. The molecule has 0 aliphatic carbocycles. The lowest BCUT2D eigenvalue weighted by Gasteiger charge is -2.13. The summed E-state index contributed by atoms with van der Waals surface area (Å²) in [5.74, 6) is -0.225. The van der Waals surface area contributed by atoms with Crippen LogP contribution in [0.3, 0.4) is 0 Å². The Bertz CT molecular complexity index is 1200. The Kier molecular flexibility index (Phi) is 5.03. The number of hydrogen-bond donors (Lipinski definition) is 1. The summed E-state index contributed by atoms with van der Waals surface area (Å²) in [6, 6.07) is 22.2. The van der Waals surface area contributed by atoms with Crippen LogP contribution in [0.1, 0.15) is 15.9 Å². The highest BCUT2D eigenvalue weighted by atomic mass is 35.5. The predicted octanol–water partition coefficient (Wildman–Crippen LogP) is 6.77. The van der Waals surface area contributed by atoms with Crippen LogP contribution in [-0.2, 0) is 0 Å². The van der Waals surface area contributed by atoms with Crippen LogP contribution in [0.4, 0.5) is 5.69 Å². The number of benzene rings is 3. The van der Waals surface area contributed by atoms with E-state index in [1.165, 1.54) is 0 Å². The van der Waals surface area contributed by atoms with Gasteiger partial charge in [-0.05, 0) is 42.8 Å². The van der Waals surface area contributed by atoms with E-state index in [1.54, 1.807) is 18.2 Å². The molecule has 4 aromatic rings. The van der Waals surface area contributed by atoms with Crippen LogP contribution in [0.25, 0.3) is 22.2 Å². The highest BCUT2D eigenvalue weighted by Gasteiger charge is 2.16. The number of fused-ring (bicyclic) bond motifs is 1. The molecular weight excluding hydrogens is 391 g/mol. The van der Waals surface area contributed by atoms with Gasteiger partial charge < -0.3 is 5.32 Å². The van der Waals surface area contributed by atoms with Gasteiger partial charge in [-0.25, -0.2) is 4.98 Å². The van der Waals surface area contributed by atoms with Crippen LogP contribution in [0.5, 0.6) is 0 Å². The molecule has 138 valence electrons. The minimum absolute atomic E-state index is 0.225. The largest absolute Gasteiger partial charge is 0.322 e. The molecule has 0 radical (unpaired) electrons. The molecule has 1 heterocycles. The molecule has 1 amide bonds. The number of pyridine rings is 1. The topological polar surface area (TPSA) is 42.0 Å². The van der Waals surface area contributed by atoms with E-state index in [9.17, 15) is 4.79 Å². The van der Waals surface area contributed by atoms with Gasteiger partial charge in [-0.3, -0.25) is 4.79 Å². The number of amides is 1. The van der Waals surface area contributed by atoms with Gasteiger partial charge in [-0.1, -0.05) is 65.7 Å². The predicted molar refractivity (Wildman–Crippen MR) is 116 cm³/mol. The number of halogens is 2. The summed E-state index contributed by atoms with van der Waals surface area (Å²) >= 11 is 12.4. The second kappa shape index (κ2) is 7.63. The smallest absolute Gasteiger partial charge is 0.256 e. The standard InChI is InChI=1S/C23H16Cl2N2O/c1-14-10-11-15(24)12-21(14)27-23(28)18-13-22(17-7-2-4-8-19(17)25)26-20-9-5-3-6-16(18)20/h2-13H,1H3,(H,27,28). The van der Waals surface area contributed by atoms with Crippen molar-refractivity contribution in [2.24, 2.45) is 0 Å². The first-order valence-corrected chi connectivity index (χ1v) is 9.51. The molecule has 3 aromatic carbocycles. The fourth-order valence-corrected chi connectivity index (χ4v) is 3.49. The van der Waals surface area contributed by atoms with Crippen LogP contribution in [0.2, 0.25) is 10.0 Å². The Hall–Kier alpha value is -2.88. The first kappa shape index (κ1) is 18.5. The minimum atomic E-state index is -0.225. The van der Waals surface area contributed by atoms with E-state index in [0.717, 1.165) is 22.0 Å². The quantitative estimate of drug-likeness (QED) is 0.407. The fourth-order valence-electron chi connectivity index (χ4n) is 3.09. The first-order valence-electron chi connectivity index (χ1n) is 8.75. The monoisotopic (exact) mass is 406 g/mol. The average Bonchev–Trinajstić information content (AvgIpc) is 2.70. The van der Waals surface area contributed by atoms with Crippen molar-refractivity contribution in [3.63, 3.8) is 0 Å². The summed E-state index contributed by atoms with van der Waals surface area (Å²) in [5, 5.41) is 4.89. The summed E-state index contributed by atoms with van der Waals surface area (Å²) in [4.78, 5) is 17.8. The van der Waals surface area contributed by atoms with Crippen LogP contribution < -0.4 is 5.32 Å². The van der Waals surface area contributed by atoms with Gasteiger partial charge >= 0.3 is 0 Å². The van der Waals surface area contributed by atoms with Crippen molar-refractivity contribution < 1.29 is 4.79 Å². The summed E-state index contributed by atoms with van der Waals surface area (Å²) < 4.78 is 0. The van der Waals surface area contributed by atoms with E-state index in [2.05, 4.69) is 5.32 Å². The Morgan fingerprint density at radius 3 is 2.50 bits per heavy atom. The third kappa shape index (κ3) is 3.59. The number of carbonyl (C=O) groups excluding carboxylic acids is 1. The van der Waals surface area contributed by atoms with Gasteiger partial charge in [0.2, 0.25) is 0 Å². The fraction of sp³-hybridized carbons (Fsp3) is 0.0435. The maximum Gasteiger partial charge on any atom is 0.256 e. The normalized spacial score (nSPS) is 10.8. The molecular formula is C23H16Cl2N2O. The van der Waals surface area contributed by atoms with Crippen molar-refractivity contribution >= 4 is 45.7 Å². The third-order valence-electron chi connectivity index (χ3n) is 4.56. The molecule has 1 N–H and O–H groups in total. The van der Waals surface area contributed by atoms with E-state index < -0.39 is 0 Å². The zero-order valence-corrected chi connectivity index (χ0v) is 16.6. The molecule has 0 atom stereocenters. The van der Waals surface area contributed by atoms with Crippen LogP contribution in [0.15, 0.2) is 72.8 Å². The summed E-state index contributed by atoms with van der Waals surface area (Å²) in [6.07, 6.45) is 0. The van der Waals surface area contributed by atoms with Gasteiger partial charge in [0.15, 0.2) is 0 Å². The maximum atomic E-state index is 13.1. The zero-order valence-electron chi connectivity index (χ0n) is 15.0. The summed E-state index contributed by atoms with van der Waals surface area (Å²) in [7, 11) is 0. The first-order chi connectivity index (χ1) is 13.5. The van der Waals surface area contributed by atoms with Crippen molar-refractivity contribution in [2.45, 2.75) is 6.92 Å². The van der Waals surface area contributed by atoms with Crippen molar-refractivity contribution in [1.29, 1.82) is 0 Å². The van der Waals surface area contributed by atoms with E-state index in [1.807, 2.05) is 61.5 Å². The second-order valence-corrected chi connectivity index (χ2v) is 7.31. The number of hydrogen-bond acceptors (Lipinski definition) is 2. The number of aromatic nitrogens is 1. The maximum absolute atomic E-state index is 13.1. The molecule has 0 fully saturated rings. The third-order valence-corrected chi connectivity index (χ3v) is 5.12. The van der Waals surface area contributed by atoms with Crippen molar-refractivity contribution in [3.05, 3.63) is 94.0 Å². The number of para-hydroxylation sites is 1. The highest BCUT2D eigenvalue weighted by Crippen LogP contribution is 2.30. The van der Waals surface area contributed by atoms with Gasteiger partial charge in [0.25, 0.3) is 5.91 Å². The molecule has 0 unspecified atom stereocenters. The van der Waals surface area contributed by atoms with Gasteiger partial charge in [-0.15, -0.1) is 0 Å². The SMILES string of the molecule is Cc1ccc(Cl)cc1NC(=O)c1cc(-c2ccccc2Cl)nc2ccccc12. The lowest BCUT2D eigenvalue weighted by Crippen LogP contribution is -2.14. The number of anilines is 1. The number of rotatable bonds is 3. The van der Waals surface area contributed by atoms with Crippen molar-refractivity contribution in [3.8, 4) is 11.3 Å². The van der Waals surface area contributed by atoms with Gasteiger partial charge in [-0.2, -0.15) is 0 Å². The molecule has 0 aliphatic heterocycles. The van der Waals surface area contributed by atoms with Crippen molar-refractivity contribution in [2.75, 3.05) is 5.32 Å². The van der Waals surface area contributed by atoms with Crippen LogP contribution >= 0.6 is 23.2 Å². The number of nitrogens with one attached hydrogen (secondary N) is 1. The molecule has 0 saturated heterocycles. The van der Waals surface area contributed by atoms with Crippen molar-refractivity contribution in [1.82, 2.24) is 4.98 Å². The molecule has 28 heavy (non-hydrogen) atoms. The van der Waals surface area contributed by atoms with E-state index in [-0.39, 0.29) is 5.91 Å². The molecule has 0 bridgehead atoms.